The quantitative estimate of drug-likeness (QED) is 0.665. The predicted molar refractivity (Wildman–Crippen MR) is 64.6 cm³/mol. The summed E-state index contributed by atoms with van der Waals surface area (Å²) < 4.78 is 0. The lowest BCUT2D eigenvalue weighted by molar-refractivity contribution is 0.421. The van der Waals surface area contributed by atoms with E-state index in [1.165, 1.54) is 18.6 Å². The molecule has 0 heterocycles. The number of hydrogen-bond acceptors (Lipinski definition) is 2. The average molecular weight is 203 g/mol. The van der Waals surface area contributed by atoms with Gasteiger partial charge in [-0.05, 0) is 51.2 Å². The van der Waals surface area contributed by atoms with E-state index in [2.05, 4.69) is 51.7 Å². The summed E-state index contributed by atoms with van der Waals surface area (Å²) in [6, 6.07) is 0. The molecule has 2 heteroatoms. The molecule has 0 aliphatic rings. The second-order valence-corrected chi connectivity index (χ2v) is 6.49. The molecule has 0 unspecified atom stereocenters. The van der Waals surface area contributed by atoms with Gasteiger partial charge in [0.1, 0.15) is 0 Å². The number of nitrogens with one attached hydrogen (secondary N) is 1. The van der Waals surface area contributed by atoms with Crippen LogP contribution in [-0.4, -0.2) is 23.1 Å². The maximum absolute atomic E-state index is 3.50. The van der Waals surface area contributed by atoms with Crippen molar-refractivity contribution in [3.8, 4) is 0 Å². The molecule has 0 atom stereocenters. The van der Waals surface area contributed by atoms with Crippen molar-refractivity contribution in [1.29, 1.82) is 0 Å². The van der Waals surface area contributed by atoms with Crippen LogP contribution in [0.3, 0.4) is 0 Å². The summed E-state index contributed by atoms with van der Waals surface area (Å²) in [5, 5.41) is 4.29. The van der Waals surface area contributed by atoms with Gasteiger partial charge in [-0.15, -0.1) is 0 Å². The lowest BCUT2D eigenvalue weighted by Crippen LogP contribution is -2.36. The fourth-order valence-electron chi connectivity index (χ4n) is 1.01. The predicted octanol–water partition coefficient (Wildman–Crippen LogP) is 3.30. The Morgan fingerprint density at radius 1 is 1.15 bits per heavy atom. The molecule has 0 amide bonds. The van der Waals surface area contributed by atoms with E-state index in [0.29, 0.717) is 0 Å². The molecule has 0 spiro atoms. The van der Waals surface area contributed by atoms with Crippen molar-refractivity contribution in [2.45, 2.75) is 58.2 Å². The van der Waals surface area contributed by atoms with Crippen LogP contribution in [0.5, 0.6) is 0 Å². The van der Waals surface area contributed by atoms with E-state index in [1.54, 1.807) is 0 Å². The van der Waals surface area contributed by atoms with Crippen LogP contribution in [0.15, 0.2) is 0 Å². The summed E-state index contributed by atoms with van der Waals surface area (Å²) >= 11 is 2.06. The van der Waals surface area contributed by atoms with E-state index in [9.17, 15) is 0 Å². The van der Waals surface area contributed by atoms with Gasteiger partial charge in [0.25, 0.3) is 0 Å². The first kappa shape index (κ1) is 13.3. The maximum Gasteiger partial charge on any atom is 0.00965 e. The highest BCUT2D eigenvalue weighted by atomic mass is 32.2. The molecule has 0 saturated carbocycles. The molecule has 0 aliphatic heterocycles. The highest BCUT2D eigenvalue weighted by molar-refractivity contribution is 7.99. The van der Waals surface area contributed by atoms with Crippen LogP contribution in [0.4, 0.5) is 0 Å². The van der Waals surface area contributed by atoms with Crippen LogP contribution >= 0.6 is 11.8 Å². The van der Waals surface area contributed by atoms with Gasteiger partial charge in [-0.1, -0.05) is 13.8 Å². The fraction of sp³-hybridized carbons (Fsp3) is 1.00. The van der Waals surface area contributed by atoms with Crippen molar-refractivity contribution in [3.05, 3.63) is 0 Å². The summed E-state index contributed by atoms with van der Waals surface area (Å²) in [5.74, 6) is 1.31. The molecular formula is C11H25NS. The van der Waals surface area contributed by atoms with Crippen LogP contribution < -0.4 is 5.32 Å². The van der Waals surface area contributed by atoms with E-state index < -0.39 is 0 Å². The number of unbranched alkanes of at least 4 members (excludes halogenated alkanes) is 1. The Labute approximate surface area is 88.1 Å². The van der Waals surface area contributed by atoms with E-state index in [4.69, 9.17) is 0 Å². The molecular weight excluding hydrogens is 178 g/mol. The molecule has 0 aromatic rings. The Balaban J connectivity index is 3.09. The van der Waals surface area contributed by atoms with Gasteiger partial charge < -0.3 is 5.32 Å². The zero-order chi connectivity index (χ0) is 10.3. The molecule has 1 N–H and O–H groups in total. The molecule has 13 heavy (non-hydrogen) atoms. The van der Waals surface area contributed by atoms with E-state index in [-0.39, 0.29) is 5.54 Å². The van der Waals surface area contributed by atoms with Crippen molar-refractivity contribution < 1.29 is 0 Å². The minimum absolute atomic E-state index is 0.283. The smallest absolute Gasteiger partial charge is 0.00965 e. The second kappa shape index (κ2) is 6.72. The molecule has 0 fully saturated rings. The molecule has 0 rings (SSSR count). The van der Waals surface area contributed by atoms with Crippen LogP contribution in [0.25, 0.3) is 0 Å². The highest BCUT2D eigenvalue weighted by Crippen LogP contribution is 2.11. The minimum atomic E-state index is 0.283. The zero-order valence-corrected chi connectivity index (χ0v) is 10.6. The van der Waals surface area contributed by atoms with E-state index in [0.717, 1.165) is 11.8 Å². The number of rotatable bonds is 6. The third kappa shape index (κ3) is 12.3. The Hall–Kier alpha value is 0.310. The summed E-state index contributed by atoms with van der Waals surface area (Å²) in [7, 11) is 0. The lowest BCUT2D eigenvalue weighted by atomic mass is 10.1. The molecule has 80 valence electrons. The van der Waals surface area contributed by atoms with E-state index >= 15 is 0 Å². The minimum Gasteiger partial charge on any atom is -0.312 e. The highest BCUT2D eigenvalue weighted by Gasteiger charge is 2.06. The monoisotopic (exact) mass is 203 g/mol. The average Bonchev–Trinajstić information content (AvgIpc) is 1.93. The van der Waals surface area contributed by atoms with Crippen molar-refractivity contribution in [2.24, 2.45) is 0 Å². The van der Waals surface area contributed by atoms with Crippen LogP contribution in [0.2, 0.25) is 0 Å². The first-order valence-electron chi connectivity index (χ1n) is 5.28. The SMILES string of the molecule is CC(C)SCCCCNC(C)(C)C. The van der Waals surface area contributed by atoms with E-state index in [1.807, 2.05) is 0 Å². The zero-order valence-electron chi connectivity index (χ0n) is 9.81. The number of thioether (sulfide) groups is 1. The Bertz CT molecular complexity index is 116. The lowest BCUT2D eigenvalue weighted by Gasteiger charge is -2.20. The second-order valence-electron chi connectivity index (χ2n) is 4.80. The van der Waals surface area contributed by atoms with Gasteiger partial charge in [-0.2, -0.15) is 11.8 Å². The normalized spacial score (nSPS) is 12.5. The Morgan fingerprint density at radius 2 is 1.77 bits per heavy atom. The Kier molecular flexibility index (Phi) is 6.88. The molecule has 0 aliphatic carbocycles. The third-order valence-corrected chi connectivity index (χ3v) is 2.87. The van der Waals surface area contributed by atoms with Gasteiger partial charge in [0.05, 0.1) is 0 Å². The van der Waals surface area contributed by atoms with Gasteiger partial charge in [0.2, 0.25) is 0 Å². The molecule has 0 aromatic heterocycles. The van der Waals surface area contributed by atoms with Gasteiger partial charge in [-0.25, -0.2) is 0 Å². The maximum atomic E-state index is 3.50. The fourth-order valence-corrected chi connectivity index (χ4v) is 1.85. The summed E-state index contributed by atoms with van der Waals surface area (Å²) in [5.41, 5.74) is 0.283. The van der Waals surface area contributed by atoms with Crippen LogP contribution in [0.1, 0.15) is 47.5 Å². The molecule has 1 nitrogen and oxygen atoms in total. The first-order chi connectivity index (χ1) is 5.92. The van der Waals surface area contributed by atoms with Gasteiger partial charge in [0.15, 0.2) is 0 Å². The molecule has 0 bridgehead atoms. The largest absolute Gasteiger partial charge is 0.312 e. The van der Waals surface area contributed by atoms with Gasteiger partial charge in [-0.3, -0.25) is 0 Å². The van der Waals surface area contributed by atoms with Crippen molar-refractivity contribution in [3.63, 3.8) is 0 Å². The van der Waals surface area contributed by atoms with Gasteiger partial charge >= 0.3 is 0 Å². The summed E-state index contributed by atoms with van der Waals surface area (Å²) in [4.78, 5) is 0. The van der Waals surface area contributed by atoms with Crippen molar-refractivity contribution >= 4 is 11.8 Å². The molecule has 0 radical (unpaired) electrons. The van der Waals surface area contributed by atoms with Crippen molar-refractivity contribution in [1.82, 2.24) is 5.32 Å². The molecule has 0 aromatic carbocycles. The topological polar surface area (TPSA) is 12.0 Å². The Morgan fingerprint density at radius 3 is 2.23 bits per heavy atom. The first-order valence-corrected chi connectivity index (χ1v) is 6.33. The van der Waals surface area contributed by atoms with Crippen LogP contribution in [0, 0.1) is 0 Å². The third-order valence-electron chi connectivity index (χ3n) is 1.68. The summed E-state index contributed by atoms with van der Waals surface area (Å²) in [6.07, 6.45) is 2.64. The van der Waals surface area contributed by atoms with Crippen LogP contribution in [-0.2, 0) is 0 Å². The van der Waals surface area contributed by atoms with Crippen molar-refractivity contribution in [2.75, 3.05) is 12.3 Å². The van der Waals surface area contributed by atoms with Gasteiger partial charge in [0, 0.05) is 5.54 Å². The molecule has 0 saturated heterocycles. The standard InChI is InChI=1S/C11H25NS/c1-10(2)13-9-7-6-8-12-11(3,4)5/h10,12H,6-9H2,1-5H3. The number of hydrogen-bond donors (Lipinski definition) is 1. The summed E-state index contributed by atoms with van der Waals surface area (Å²) in [6.45, 7) is 12.3.